The van der Waals surface area contributed by atoms with E-state index in [2.05, 4.69) is 10.3 Å². The normalized spacial score (nSPS) is 11.4. The number of anilines is 2. The number of aryl methyl sites for hydroxylation is 2. The second-order valence-corrected chi connectivity index (χ2v) is 6.91. The third kappa shape index (κ3) is 4.51. The number of para-hydroxylation sites is 1. The fourth-order valence-electron chi connectivity index (χ4n) is 2.92. The van der Waals surface area contributed by atoms with Gasteiger partial charge in [0, 0.05) is 23.0 Å². The zero-order valence-electron chi connectivity index (χ0n) is 16.5. The molecule has 0 unspecified atom stereocenters. The van der Waals surface area contributed by atoms with Crippen LogP contribution in [0.1, 0.15) is 29.2 Å². The van der Waals surface area contributed by atoms with E-state index in [4.69, 9.17) is 16.3 Å². The molecule has 3 rings (SSSR count). The molecule has 2 N–H and O–H groups in total. The number of halogens is 2. The summed E-state index contributed by atoms with van der Waals surface area (Å²) in [6, 6.07) is 12.8. The van der Waals surface area contributed by atoms with Gasteiger partial charge in [-0.25, -0.2) is 9.37 Å². The number of aromatic hydroxyl groups is 1. The summed E-state index contributed by atoms with van der Waals surface area (Å²) >= 11 is 6.28. The van der Waals surface area contributed by atoms with Crippen molar-refractivity contribution in [3.05, 3.63) is 75.9 Å². The molecule has 4 nitrogen and oxygen atoms in total. The highest BCUT2D eigenvalue weighted by Crippen LogP contribution is 2.40. The molecule has 29 heavy (non-hydrogen) atoms. The molecular formula is C23H22ClFN2O2. The van der Waals surface area contributed by atoms with Crippen LogP contribution >= 0.6 is 11.6 Å². The predicted octanol–water partition coefficient (Wildman–Crippen LogP) is 6.53. The van der Waals surface area contributed by atoms with Gasteiger partial charge in [-0.2, -0.15) is 0 Å². The van der Waals surface area contributed by atoms with Gasteiger partial charge in [0.1, 0.15) is 23.1 Å². The minimum Gasteiger partial charge on any atom is -0.507 e. The molecule has 0 aliphatic heterocycles. The summed E-state index contributed by atoms with van der Waals surface area (Å²) < 4.78 is 20.1. The van der Waals surface area contributed by atoms with Gasteiger partial charge in [-0.3, -0.25) is 0 Å². The lowest BCUT2D eigenvalue weighted by Gasteiger charge is -2.12. The van der Waals surface area contributed by atoms with Crippen molar-refractivity contribution in [2.75, 3.05) is 12.4 Å². The van der Waals surface area contributed by atoms with Crippen LogP contribution in [-0.4, -0.2) is 17.2 Å². The first-order valence-electron chi connectivity index (χ1n) is 9.19. The van der Waals surface area contributed by atoms with Crippen molar-refractivity contribution in [1.82, 2.24) is 4.98 Å². The average Bonchev–Trinajstić information content (AvgIpc) is 2.73. The molecule has 0 radical (unpaired) electrons. The first-order valence-corrected chi connectivity index (χ1v) is 9.57. The van der Waals surface area contributed by atoms with Gasteiger partial charge in [-0.15, -0.1) is 0 Å². The molecule has 150 valence electrons. The van der Waals surface area contributed by atoms with Crippen molar-refractivity contribution in [1.29, 1.82) is 0 Å². The smallest absolute Gasteiger partial charge is 0.138 e. The molecule has 2 aromatic carbocycles. The molecule has 0 amide bonds. The number of hydrogen-bond donors (Lipinski definition) is 2. The standard InChI is InChI=1S/C23H22ClFN2O2/c1-4-15-11-20(29-3)22(24)17(23(15)28)12-18(25)16-9-10-21(26-13-16)27-19-8-6-5-7-14(19)2/h5-13,28H,4H2,1-3H3,(H,26,27)/b18-12-. The lowest BCUT2D eigenvalue weighted by atomic mass is 10.0. The topological polar surface area (TPSA) is 54.4 Å². The number of methoxy groups -OCH3 is 1. The van der Waals surface area contributed by atoms with Crippen molar-refractivity contribution in [3.8, 4) is 11.5 Å². The van der Waals surface area contributed by atoms with E-state index in [0.29, 0.717) is 23.6 Å². The van der Waals surface area contributed by atoms with Crippen LogP contribution in [0.4, 0.5) is 15.9 Å². The number of hydrogen-bond acceptors (Lipinski definition) is 4. The van der Waals surface area contributed by atoms with Gasteiger partial charge >= 0.3 is 0 Å². The number of nitrogens with zero attached hydrogens (tertiary/aromatic N) is 1. The average molecular weight is 413 g/mol. The van der Waals surface area contributed by atoms with Crippen molar-refractivity contribution >= 4 is 35.0 Å². The molecular weight excluding hydrogens is 391 g/mol. The Kier molecular flexibility index (Phi) is 6.39. The fourth-order valence-corrected chi connectivity index (χ4v) is 3.20. The molecule has 0 atom stereocenters. The van der Waals surface area contributed by atoms with E-state index in [-0.39, 0.29) is 21.9 Å². The van der Waals surface area contributed by atoms with Gasteiger partial charge in [-0.05, 0) is 54.8 Å². The highest BCUT2D eigenvalue weighted by molar-refractivity contribution is 6.34. The third-order valence-electron chi connectivity index (χ3n) is 4.64. The number of ether oxygens (including phenoxy) is 1. The Morgan fingerprint density at radius 2 is 2.03 bits per heavy atom. The Balaban J connectivity index is 1.90. The molecule has 1 aromatic heterocycles. The van der Waals surface area contributed by atoms with E-state index >= 15 is 0 Å². The van der Waals surface area contributed by atoms with E-state index in [1.165, 1.54) is 19.4 Å². The summed E-state index contributed by atoms with van der Waals surface area (Å²) in [5, 5.41) is 13.8. The predicted molar refractivity (Wildman–Crippen MR) is 117 cm³/mol. The van der Waals surface area contributed by atoms with Crippen molar-refractivity contribution in [3.63, 3.8) is 0 Å². The van der Waals surface area contributed by atoms with Gasteiger partial charge in [0.05, 0.1) is 12.1 Å². The second kappa shape index (κ2) is 8.97. The molecule has 0 saturated heterocycles. The third-order valence-corrected chi connectivity index (χ3v) is 5.03. The van der Waals surface area contributed by atoms with Crippen LogP contribution < -0.4 is 10.1 Å². The highest BCUT2D eigenvalue weighted by atomic mass is 35.5. The van der Waals surface area contributed by atoms with E-state index in [1.54, 1.807) is 18.2 Å². The van der Waals surface area contributed by atoms with Crippen LogP contribution in [-0.2, 0) is 6.42 Å². The Morgan fingerprint density at radius 3 is 2.66 bits per heavy atom. The Morgan fingerprint density at radius 1 is 1.28 bits per heavy atom. The summed E-state index contributed by atoms with van der Waals surface area (Å²) in [5.41, 5.74) is 3.10. The molecule has 0 aliphatic rings. The minimum absolute atomic E-state index is 0.0563. The minimum atomic E-state index is -0.563. The maximum Gasteiger partial charge on any atom is 0.138 e. The number of pyridine rings is 1. The SMILES string of the molecule is CCc1cc(OC)c(Cl)c(/C=C(\F)c2ccc(Nc3ccccc3C)nc2)c1O. The fraction of sp³-hybridized carbons (Fsp3) is 0.174. The van der Waals surface area contributed by atoms with E-state index in [1.807, 2.05) is 38.1 Å². The zero-order chi connectivity index (χ0) is 21.0. The van der Waals surface area contributed by atoms with Crippen molar-refractivity contribution in [2.45, 2.75) is 20.3 Å². The van der Waals surface area contributed by atoms with Crippen LogP contribution in [0, 0.1) is 6.92 Å². The summed E-state index contributed by atoms with van der Waals surface area (Å²) in [5.74, 6) is 0.370. The van der Waals surface area contributed by atoms with E-state index in [0.717, 1.165) is 11.3 Å². The van der Waals surface area contributed by atoms with Crippen LogP contribution in [0.3, 0.4) is 0 Å². The largest absolute Gasteiger partial charge is 0.507 e. The maximum absolute atomic E-state index is 14.9. The lowest BCUT2D eigenvalue weighted by Crippen LogP contribution is -1.96. The molecule has 6 heteroatoms. The number of nitrogens with one attached hydrogen (secondary N) is 1. The van der Waals surface area contributed by atoms with Crippen molar-refractivity contribution in [2.24, 2.45) is 0 Å². The van der Waals surface area contributed by atoms with Crippen LogP contribution in [0.15, 0.2) is 48.7 Å². The maximum atomic E-state index is 14.9. The van der Waals surface area contributed by atoms with Gasteiger partial charge in [0.2, 0.25) is 0 Å². The number of benzene rings is 2. The van der Waals surface area contributed by atoms with E-state index in [9.17, 15) is 9.50 Å². The van der Waals surface area contributed by atoms with Crippen LogP contribution in [0.5, 0.6) is 11.5 Å². The molecule has 0 fully saturated rings. The monoisotopic (exact) mass is 412 g/mol. The Labute approximate surface area is 174 Å². The Hall–Kier alpha value is -3.05. The number of phenolic OH excluding ortho intramolecular Hbond substituents is 1. The van der Waals surface area contributed by atoms with Crippen LogP contribution in [0.2, 0.25) is 5.02 Å². The van der Waals surface area contributed by atoms with Gasteiger partial charge < -0.3 is 15.2 Å². The summed E-state index contributed by atoms with van der Waals surface area (Å²) in [6.07, 6.45) is 3.19. The summed E-state index contributed by atoms with van der Waals surface area (Å²) in [7, 11) is 1.48. The summed E-state index contributed by atoms with van der Waals surface area (Å²) in [6.45, 7) is 3.88. The summed E-state index contributed by atoms with van der Waals surface area (Å²) in [4.78, 5) is 4.28. The molecule has 0 saturated carbocycles. The lowest BCUT2D eigenvalue weighted by molar-refractivity contribution is 0.411. The quantitative estimate of drug-likeness (QED) is 0.483. The molecule has 0 bridgehead atoms. The second-order valence-electron chi connectivity index (χ2n) is 6.53. The number of phenols is 1. The molecule has 3 aromatic rings. The number of aromatic nitrogens is 1. The Bertz CT molecular complexity index is 1020. The number of rotatable bonds is 6. The van der Waals surface area contributed by atoms with Crippen LogP contribution in [0.25, 0.3) is 11.9 Å². The molecule has 0 spiro atoms. The highest BCUT2D eigenvalue weighted by Gasteiger charge is 2.16. The van der Waals surface area contributed by atoms with Gasteiger partial charge in [0.15, 0.2) is 0 Å². The van der Waals surface area contributed by atoms with Crippen molar-refractivity contribution < 1.29 is 14.2 Å². The first-order chi connectivity index (χ1) is 13.9. The first kappa shape index (κ1) is 20.7. The van der Waals surface area contributed by atoms with E-state index < -0.39 is 5.83 Å². The van der Waals surface area contributed by atoms with Gasteiger partial charge in [0.25, 0.3) is 0 Å². The molecule has 1 heterocycles. The zero-order valence-corrected chi connectivity index (χ0v) is 17.2. The molecule has 0 aliphatic carbocycles. The van der Waals surface area contributed by atoms with Gasteiger partial charge in [-0.1, -0.05) is 36.7 Å².